The molecule has 0 unspecified atom stereocenters. The Bertz CT molecular complexity index is 2390. The average Bonchev–Trinajstić information content (AvgIpc) is 4.04. The van der Waals surface area contributed by atoms with Gasteiger partial charge in [-0.1, -0.05) is 45.9 Å². The lowest BCUT2D eigenvalue weighted by atomic mass is 9.92. The molecule has 15 nitrogen and oxygen atoms in total. The molecule has 5 N–H and O–H groups in total. The topological polar surface area (TPSA) is 182 Å². The molecule has 0 radical (unpaired) electrons. The number of aromatic nitrogens is 4. The van der Waals surface area contributed by atoms with E-state index in [1.807, 2.05) is 49.8 Å². The monoisotopic (exact) mass is 820 g/mol. The molecule has 5 aromatic rings. The second kappa shape index (κ2) is 16.5. The third-order valence-corrected chi connectivity index (χ3v) is 12.7. The highest BCUT2D eigenvalue weighted by Gasteiger charge is 2.43. The predicted octanol–water partition coefficient (Wildman–Crippen LogP) is 5.62. The molecule has 6 heterocycles. The van der Waals surface area contributed by atoms with Gasteiger partial charge in [0.05, 0.1) is 60.3 Å². The first-order valence-corrected chi connectivity index (χ1v) is 21.1. The molecule has 318 valence electrons. The number of amides is 2. The molecule has 3 fully saturated rings. The Kier molecular flexibility index (Phi) is 11.2. The van der Waals surface area contributed by atoms with Crippen molar-refractivity contribution in [2.45, 2.75) is 77.7 Å². The van der Waals surface area contributed by atoms with Gasteiger partial charge in [0.1, 0.15) is 24.0 Å². The van der Waals surface area contributed by atoms with E-state index < -0.39 is 18.5 Å². The van der Waals surface area contributed by atoms with Crippen molar-refractivity contribution in [2.24, 2.45) is 29.4 Å². The van der Waals surface area contributed by atoms with Gasteiger partial charge in [-0.15, -0.1) is 0 Å². The van der Waals surface area contributed by atoms with Crippen molar-refractivity contribution in [3.05, 3.63) is 65.9 Å². The molecule has 6 atom stereocenters. The normalized spacial score (nSPS) is 22.7. The number of carbonyl (C=O) groups is 2. The van der Waals surface area contributed by atoms with Crippen LogP contribution >= 0.6 is 0 Å². The fraction of sp³-hybridized carbons (Fsp3) is 0.511. The van der Waals surface area contributed by atoms with Crippen LogP contribution in [0.25, 0.3) is 44.2 Å². The van der Waals surface area contributed by atoms with E-state index in [1.165, 1.54) is 0 Å². The lowest BCUT2D eigenvalue weighted by Crippen LogP contribution is -2.56. The Morgan fingerprint density at radius 2 is 1.60 bits per heavy atom. The number of H-pyrrole nitrogens is 2. The zero-order valence-electron chi connectivity index (χ0n) is 35.2. The Labute approximate surface area is 349 Å². The van der Waals surface area contributed by atoms with Crippen LogP contribution in [0, 0.1) is 23.7 Å². The third kappa shape index (κ3) is 7.45. The lowest BCUT2D eigenvalue weighted by molar-refractivity contribution is -0.335. The second-order valence-corrected chi connectivity index (χ2v) is 17.6. The van der Waals surface area contributed by atoms with Crippen LogP contribution in [0.1, 0.15) is 69.8 Å². The van der Waals surface area contributed by atoms with Crippen LogP contribution < -0.4 is 15.8 Å². The van der Waals surface area contributed by atoms with Crippen LogP contribution in [0.3, 0.4) is 0 Å². The van der Waals surface area contributed by atoms with E-state index in [-0.39, 0.29) is 54.4 Å². The number of nitrogens with zero attached hydrogens (tertiary/aromatic N) is 4. The standard InChI is InChI=1S/C45H56N8O7/c1-23(2)38(46)43(54)52-17-26(20-57-6)12-36(52)42-48-33-10-8-27-14-32-30-9-7-28(13-29(30)21-58-37(32)15-31(27)40(33)50-42)34-16-47-41(49-34)35-11-25(19-56-5)18-53(35)44(55)39(24(3)4)51-45-59-22-60-45/h7-10,13-16,23-26,35-36,38-39,45,51H,11-12,17-22,46H2,1-6H3,(H,47,49)(H,48,50)/t25-,26-,35-,36-,38-,39-/m0/s1. The number of rotatable bonds is 13. The number of likely N-dealkylation sites (tertiary alicyclic amines) is 2. The van der Waals surface area contributed by atoms with E-state index in [4.69, 9.17) is 39.4 Å². The SMILES string of the molecule is COC[C@H]1C[C@@H](c2nc3ccc4cc5c(cc4c3[nH]2)OCc2cc(-c3cnc([C@@H]4C[C@H](COC)CN4C(=O)[C@@H](NC4OCO4)C(C)C)[nH]3)ccc2-5)N(C(=O)[C@@H](N)C(C)C)C1. The number of methoxy groups -OCH3 is 2. The summed E-state index contributed by atoms with van der Waals surface area (Å²) in [7, 11) is 3.39. The smallest absolute Gasteiger partial charge is 0.240 e. The van der Waals surface area contributed by atoms with Crippen LogP contribution in [0.4, 0.5) is 0 Å². The summed E-state index contributed by atoms with van der Waals surface area (Å²) in [6.07, 6.45) is 2.76. The summed E-state index contributed by atoms with van der Waals surface area (Å²) in [6.45, 7) is 10.9. The highest BCUT2D eigenvalue weighted by Crippen LogP contribution is 2.44. The fourth-order valence-electron chi connectivity index (χ4n) is 9.44. The minimum absolute atomic E-state index is 0.00758. The quantitative estimate of drug-likeness (QED) is 0.116. The predicted molar refractivity (Wildman–Crippen MR) is 225 cm³/mol. The molecule has 2 aromatic heterocycles. The maximum absolute atomic E-state index is 14.1. The van der Waals surface area contributed by atoms with Crippen molar-refractivity contribution in [3.8, 4) is 28.1 Å². The van der Waals surface area contributed by atoms with Crippen molar-refractivity contribution in [3.63, 3.8) is 0 Å². The van der Waals surface area contributed by atoms with E-state index in [0.717, 1.165) is 80.0 Å². The number of hydrogen-bond acceptors (Lipinski definition) is 11. The number of carbonyl (C=O) groups excluding carboxylic acids is 2. The largest absolute Gasteiger partial charge is 0.488 e. The summed E-state index contributed by atoms with van der Waals surface area (Å²) >= 11 is 0. The Morgan fingerprint density at radius 3 is 2.27 bits per heavy atom. The number of fused-ring (bicyclic) bond motifs is 6. The Balaban J connectivity index is 0.974. The van der Waals surface area contributed by atoms with Gasteiger partial charge in [-0.2, -0.15) is 0 Å². The van der Waals surface area contributed by atoms with Gasteiger partial charge in [-0.05, 0) is 71.0 Å². The second-order valence-electron chi connectivity index (χ2n) is 17.6. The third-order valence-electron chi connectivity index (χ3n) is 12.7. The summed E-state index contributed by atoms with van der Waals surface area (Å²) < 4.78 is 28.3. The molecule has 0 saturated carbocycles. The molecule has 9 rings (SSSR count). The number of imidazole rings is 2. The summed E-state index contributed by atoms with van der Waals surface area (Å²) in [6, 6.07) is 13.3. The molecule has 3 aromatic carbocycles. The zero-order chi connectivity index (χ0) is 41.8. The Morgan fingerprint density at radius 1 is 0.883 bits per heavy atom. The number of ether oxygens (including phenoxy) is 5. The van der Waals surface area contributed by atoms with Crippen molar-refractivity contribution < 1.29 is 33.3 Å². The number of hydrogen-bond donors (Lipinski definition) is 4. The number of aromatic amines is 2. The molecule has 60 heavy (non-hydrogen) atoms. The fourth-order valence-corrected chi connectivity index (χ4v) is 9.44. The molecular weight excluding hydrogens is 765 g/mol. The van der Waals surface area contributed by atoms with Crippen LogP contribution in [0.5, 0.6) is 5.75 Å². The summed E-state index contributed by atoms with van der Waals surface area (Å²) in [5.41, 5.74) is 13.2. The van der Waals surface area contributed by atoms with Crippen LogP contribution in [0.2, 0.25) is 0 Å². The average molecular weight is 821 g/mol. The molecule has 4 aliphatic rings. The summed E-state index contributed by atoms with van der Waals surface area (Å²) in [4.78, 5) is 48.5. The van der Waals surface area contributed by atoms with E-state index in [9.17, 15) is 9.59 Å². The highest BCUT2D eigenvalue weighted by molar-refractivity contribution is 6.07. The van der Waals surface area contributed by atoms with Crippen molar-refractivity contribution in [2.75, 3.05) is 47.3 Å². The van der Waals surface area contributed by atoms with Gasteiger partial charge in [-0.25, -0.2) is 9.97 Å². The van der Waals surface area contributed by atoms with E-state index in [0.29, 0.717) is 32.9 Å². The highest BCUT2D eigenvalue weighted by atomic mass is 16.9. The summed E-state index contributed by atoms with van der Waals surface area (Å²) in [5, 5.41) is 5.29. The first-order valence-electron chi connectivity index (χ1n) is 21.1. The van der Waals surface area contributed by atoms with Crippen molar-refractivity contribution in [1.29, 1.82) is 0 Å². The molecular formula is C45H56N8O7. The number of nitrogens with two attached hydrogens (primary N) is 1. The van der Waals surface area contributed by atoms with E-state index in [2.05, 4.69) is 51.7 Å². The molecule has 15 heteroatoms. The van der Waals surface area contributed by atoms with Gasteiger partial charge in [0, 0.05) is 50.1 Å². The van der Waals surface area contributed by atoms with Crippen molar-refractivity contribution in [1.82, 2.24) is 35.1 Å². The van der Waals surface area contributed by atoms with Gasteiger partial charge >= 0.3 is 0 Å². The van der Waals surface area contributed by atoms with Crippen molar-refractivity contribution >= 4 is 33.6 Å². The van der Waals surface area contributed by atoms with Gasteiger partial charge in [0.15, 0.2) is 6.79 Å². The lowest BCUT2D eigenvalue weighted by Gasteiger charge is -2.35. The molecule has 4 aliphatic heterocycles. The molecule has 0 spiro atoms. The van der Waals surface area contributed by atoms with E-state index in [1.54, 1.807) is 14.2 Å². The maximum Gasteiger partial charge on any atom is 0.240 e. The number of benzene rings is 3. The maximum atomic E-state index is 14.1. The molecule has 0 aliphatic carbocycles. The first kappa shape index (κ1) is 40.5. The van der Waals surface area contributed by atoms with Crippen LogP contribution in [-0.4, -0.2) is 107 Å². The van der Waals surface area contributed by atoms with Gasteiger partial charge in [0.2, 0.25) is 18.2 Å². The van der Waals surface area contributed by atoms with Gasteiger partial charge < -0.3 is 49.2 Å². The van der Waals surface area contributed by atoms with Gasteiger partial charge in [0.25, 0.3) is 0 Å². The first-order chi connectivity index (χ1) is 29.0. The molecule has 3 saturated heterocycles. The van der Waals surface area contributed by atoms with E-state index >= 15 is 0 Å². The molecule has 0 bridgehead atoms. The Hall–Kier alpha value is -4.90. The number of nitrogens with one attached hydrogen (secondary N) is 3. The minimum atomic E-state index is -0.581. The summed E-state index contributed by atoms with van der Waals surface area (Å²) in [5.74, 6) is 2.67. The van der Waals surface area contributed by atoms with Crippen LogP contribution in [0.15, 0.2) is 48.7 Å². The molecule has 2 amide bonds. The minimum Gasteiger partial charge on any atom is -0.488 e. The van der Waals surface area contributed by atoms with Crippen LogP contribution in [-0.2, 0) is 35.1 Å². The van der Waals surface area contributed by atoms with Gasteiger partial charge in [-0.3, -0.25) is 14.9 Å². The zero-order valence-corrected chi connectivity index (χ0v) is 35.2.